The minimum Gasteiger partial charge on any atom is -0.373 e. The molecule has 2 atom stereocenters. The second-order valence-electron chi connectivity index (χ2n) is 7.83. The third-order valence-corrected chi connectivity index (χ3v) is 7.20. The van der Waals surface area contributed by atoms with Gasteiger partial charge in [-0.15, -0.1) is 0 Å². The average molecular weight is 429 g/mol. The van der Waals surface area contributed by atoms with E-state index in [0.717, 1.165) is 5.56 Å². The molecule has 3 rings (SSSR count). The fourth-order valence-corrected chi connectivity index (χ4v) is 5.60. The maximum Gasteiger partial charge on any atom is 0.282 e. The van der Waals surface area contributed by atoms with Crippen molar-refractivity contribution in [1.82, 2.24) is 8.61 Å². The Balaban J connectivity index is 1.44. The number of hydrogen-bond acceptors (Lipinski definition) is 5. The summed E-state index contributed by atoms with van der Waals surface area (Å²) >= 11 is 0. The number of rotatable bonds is 7. The molecular weight excluding hydrogens is 399 g/mol. The summed E-state index contributed by atoms with van der Waals surface area (Å²) in [6.45, 7) is 5.20. The quantitative estimate of drug-likeness (QED) is 0.662. The summed E-state index contributed by atoms with van der Waals surface area (Å²) in [5.41, 5.74) is 0.745. The molecule has 0 N–H and O–H groups in total. The van der Waals surface area contributed by atoms with Crippen molar-refractivity contribution in [3.8, 4) is 0 Å². The molecule has 2 aliphatic rings. The summed E-state index contributed by atoms with van der Waals surface area (Å²) in [5.74, 6) is -0.414. The van der Waals surface area contributed by atoms with E-state index in [-0.39, 0.29) is 42.9 Å². The summed E-state index contributed by atoms with van der Waals surface area (Å²) in [7, 11) is -3.52. The van der Waals surface area contributed by atoms with E-state index in [1.807, 2.05) is 13.8 Å². The zero-order chi connectivity index (χ0) is 21.0. The van der Waals surface area contributed by atoms with Crippen LogP contribution in [0.4, 0.5) is 4.39 Å². The maximum absolute atomic E-state index is 12.9. The summed E-state index contributed by atoms with van der Waals surface area (Å²) in [6.07, 6.45) is 0.918. The monoisotopic (exact) mass is 428 g/mol. The highest BCUT2D eigenvalue weighted by atomic mass is 32.2. The summed E-state index contributed by atoms with van der Waals surface area (Å²) < 4.78 is 53.1. The minimum absolute atomic E-state index is 0.0205. The van der Waals surface area contributed by atoms with E-state index < -0.39 is 10.2 Å². The first-order valence-corrected chi connectivity index (χ1v) is 11.4. The first kappa shape index (κ1) is 22.3. The Kier molecular flexibility index (Phi) is 7.39. The second kappa shape index (κ2) is 9.61. The summed E-state index contributed by atoms with van der Waals surface area (Å²) in [5, 5.41) is 0. The van der Waals surface area contributed by atoms with Crippen LogP contribution in [0.1, 0.15) is 32.3 Å². The maximum atomic E-state index is 12.9. The molecule has 0 spiro atoms. The van der Waals surface area contributed by atoms with Crippen LogP contribution in [-0.4, -0.2) is 73.9 Å². The van der Waals surface area contributed by atoms with Gasteiger partial charge in [-0.3, -0.25) is 4.79 Å². The molecule has 0 unspecified atom stereocenters. The van der Waals surface area contributed by atoms with Gasteiger partial charge in [0.05, 0.1) is 18.3 Å². The van der Waals surface area contributed by atoms with Crippen molar-refractivity contribution in [1.29, 1.82) is 0 Å². The number of carbonyl (C=O) groups excluding carboxylic acids is 1. The lowest BCUT2D eigenvalue weighted by molar-refractivity contribution is -0.125. The van der Waals surface area contributed by atoms with Gasteiger partial charge in [0.2, 0.25) is 0 Å². The average Bonchev–Trinajstić information content (AvgIpc) is 2.68. The molecule has 2 saturated heterocycles. The zero-order valence-electron chi connectivity index (χ0n) is 16.9. The number of hydrogen-bond donors (Lipinski definition) is 0. The lowest BCUT2D eigenvalue weighted by Gasteiger charge is -2.39. The first-order valence-electron chi connectivity index (χ1n) is 10.0. The highest BCUT2D eigenvalue weighted by Crippen LogP contribution is 2.22. The Morgan fingerprint density at radius 1 is 1.10 bits per heavy atom. The fourth-order valence-electron chi connectivity index (χ4n) is 3.80. The number of piperidine rings is 1. The molecule has 29 heavy (non-hydrogen) atoms. The van der Waals surface area contributed by atoms with E-state index in [9.17, 15) is 17.6 Å². The standard InChI is InChI=1S/C20H29FN2O5S/c1-15-12-23(13-16(2)28-15)29(25,26)22-9-7-20(8-10-22)27-14-19(24)11-17-3-5-18(21)6-4-17/h3-6,15-16,20H,7-14H2,1-2H3/t15-,16+. The Morgan fingerprint density at radius 2 is 1.69 bits per heavy atom. The molecule has 2 fully saturated rings. The SMILES string of the molecule is C[C@@H]1CN(S(=O)(=O)N2CCC(OCC(=O)Cc3ccc(F)cc3)CC2)C[C@H](C)O1. The van der Waals surface area contributed by atoms with Crippen molar-refractivity contribution in [2.24, 2.45) is 0 Å². The molecular formula is C20H29FN2O5S. The molecule has 0 bridgehead atoms. The van der Waals surface area contributed by atoms with Crippen LogP contribution in [0.25, 0.3) is 0 Å². The predicted octanol–water partition coefficient (Wildman–Crippen LogP) is 1.77. The van der Waals surface area contributed by atoms with Crippen molar-refractivity contribution in [3.05, 3.63) is 35.6 Å². The van der Waals surface area contributed by atoms with Crippen molar-refractivity contribution >= 4 is 16.0 Å². The van der Waals surface area contributed by atoms with E-state index in [2.05, 4.69) is 0 Å². The number of Topliss-reactive ketones (excluding diaryl/α,β-unsaturated/α-hetero) is 1. The van der Waals surface area contributed by atoms with Crippen LogP contribution in [0.2, 0.25) is 0 Å². The minimum atomic E-state index is -3.52. The van der Waals surface area contributed by atoms with Gasteiger partial charge in [0.25, 0.3) is 10.2 Å². The molecule has 0 aliphatic carbocycles. The van der Waals surface area contributed by atoms with Crippen molar-refractivity contribution in [2.75, 3.05) is 32.8 Å². The van der Waals surface area contributed by atoms with Gasteiger partial charge in [0.1, 0.15) is 12.4 Å². The highest BCUT2D eigenvalue weighted by Gasteiger charge is 2.37. The van der Waals surface area contributed by atoms with Gasteiger partial charge in [-0.25, -0.2) is 4.39 Å². The van der Waals surface area contributed by atoms with Gasteiger partial charge >= 0.3 is 0 Å². The largest absolute Gasteiger partial charge is 0.373 e. The van der Waals surface area contributed by atoms with Crippen LogP contribution in [0.3, 0.4) is 0 Å². The van der Waals surface area contributed by atoms with Crippen molar-refractivity contribution < 1.29 is 27.1 Å². The van der Waals surface area contributed by atoms with Crippen LogP contribution < -0.4 is 0 Å². The number of carbonyl (C=O) groups is 1. The van der Waals surface area contributed by atoms with Crippen LogP contribution in [0.5, 0.6) is 0 Å². The number of ketones is 1. The Bertz CT molecular complexity index is 784. The topological polar surface area (TPSA) is 76.2 Å². The normalized spacial score (nSPS) is 25.2. The lowest BCUT2D eigenvalue weighted by Crippen LogP contribution is -2.54. The number of halogens is 1. The molecule has 0 amide bonds. The Morgan fingerprint density at radius 3 is 2.28 bits per heavy atom. The van der Waals surface area contributed by atoms with Gasteiger partial charge in [0.15, 0.2) is 5.78 Å². The number of ether oxygens (including phenoxy) is 2. The second-order valence-corrected chi connectivity index (χ2v) is 9.76. The molecule has 0 aromatic heterocycles. The predicted molar refractivity (Wildman–Crippen MR) is 106 cm³/mol. The van der Waals surface area contributed by atoms with Gasteiger partial charge in [-0.1, -0.05) is 12.1 Å². The number of nitrogens with zero attached hydrogens (tertiary/aromatic N) is 2. The molecule has 2 heterocycles. The summed E-state index contributed by atoms with van der Waals surface area (Å²) in [4.78, 5) is 12.1. The highest BCUT2D eigenvalue weighted by molar-refractivity contribution is 7.86. The van der Waals surface area contributed by atoms with Gasteiger partial charge in [0, 0.05) is 32.6 Å². The molecule has 2 aliphatic heterocycles. The number of morpholine rings is 1. The van der Waals surface area contributed by atoms with Crippen LogP contribution in [0, 0.1) is 5.82 Å². The zero-order valence-corrected chi connectivity index (χ0v) is 17.7. The molecule has 7 nitrogen and oxygen atoms in total. The molecule has 9 heteroatoms. The van der Waals surface area contributed by atoms with Crippen molar-refractivity contribution in [2.45, 2.75) is 51.4 Å². The van der Waals surface area contributed by atoms with E-state index in [1.54, 1.807) is 12.1 Å². The lowest BCUT2D eigenvalue weighted by atomic mass is 10.1. The number of benzene rings is 1. The third kappa shape index (κ3) is 6.05. The van der Waals surface area contributed by atoms with Crippen molar-refractivity contribution in [3.63, 3.8) is 0 Å². The molecule has 0 radical (unpaired) electrons. The van der Waals surface area contributed by atoms with Gasteiger partial charge < -0.3 is 9.47 Å². The van der Waals surface area contributed by atoms with Gasteiger partial charge in [-0.2, -0.15) is 17.0 Å². The molecule has 162 valence electrons. The van der Waals surface area contributed by atoms with Crippen LogP contribution in [-0.2, 0) is 30.9 Å². The first-order chi connectivity index (χ1) is 13.7. The van der Waals surface area contributed by atoms with E-state index in [1.165, 1.54) is 20.7 Å². The van der Waals surface area contributed by atoms with Crippen LogP contribution in [0.15, 0.2) is 24.3 Å². The molecule has 1 aromatic carbocycles. The van der Waals surface area contributed by atoms with E-state index in [0.29, 0.717) is 39.0 Å². The molecule has 0 saturated carbocycles. The summed E-state index contributed by atoms with van der Waals surface area (Å²) in [6, 6.07) is 5.83. The smallest absolute Gasteiger partial charge is 0.282 e. The van der Waals surface area contributed by atoms with E-state index in [4.69, 9.17) is 9.47 Å². The third-order valence-electron chi connectivity index (χ3n) is 5.23. The van der Waals surface area contributed by atoms with Crippen LogP contribution >= 0.6 is 0 Å². The Labute approximate surface area is 171 Å². The van der Waals surface area contributed by atoms with E-state index >= 15 is 0 Å². The molecule has 1 aromatic rings. The Hall–Kier alpha value is -1.39. The fraction of sp³-hybridized carbons (Fsp3) is 0.650. The van der Waals surface area contributed by atoms with Gasteiger partial charge in [-0.05, 0) is 44.4 Å².